The van der Waals surface area contributed by atoms with E-state index in [-0.39, 0.29) is 17.6 Å². The first-order valence-electron chi connectivity index (χ1n) is 5.87. The van der Waals surface area contributed by atoms with E-state index < -0.39 is 0 Å². The molecule has 2 amide bonds. The Balaban J connectivity index is 2.36. The number of benzene rings is 1. The van der Waals surface area contributed by atoms with Crippen molar-refractivity contribution in [1.82, 2.24) is 5.32 Å². The van der Waals surface area contributed by atoms with Crippen LogP contribution in [0.1, 0.15) is 35.2 Å². The first-order chi connectivity index (χ1) is 8.50. The molecule has 98 valence electrons. The Bertz CT molecular complexity index is 444. The Morgan fingerprint density at radius 2 is 2.06 bits per heavy atom. The Hall–Kier alpha value is -2.04. The molecular weight excluding hydrogens is 232 g/mol. The van der Waals surface area contributed by atoms with Gasteiger partial charge in [0.25, 0.3) is 5.91 Å². The summed E-state index contributed by atoms with van der Waals surface area (Å²) in [5.74, 6) is -0.333. The largest absolute Gasteiger partial charge is 0.508 e. The maximum atomic E-state index is 11.7. The summed E-state index contributed by atoms with van der Waals surface area (Å²) in [6, 6.07) is 4.70. The lowest BCUT2D eigenvalue weighted by Gasteiger charge is -2.06. The molecule has 1 rings (SSSR count). The van der Waals surface area contributed by atoms with Crippen LogP contribution in [0.3, 0.4) is 0 Å². The van der Waals surface area contributed by atoms with Crippen LogP contribution >= 0.6 is 0 Å². The summed E-state index contributed by atoms with van der Waals surface area (Å²) < 4.78 is 0. The van der Waals surface area contributed by atoms with Gasteiger partial charge in [-0.1, -0.05) is 0 Å². The second-order valence-electron chi connectivity index (χ2n) is 4.18. The second kappa shape index (κ2) is 6.64. The molecule has 0 aromatic heterocycles. The van der Waals surface area contributed by atoms with Crippen molar-refractivity contribution in [1.29, 1.82) is 0 Å². The normalized spacial score (nSPS) is 10.1. The fourth-order valence-electron chi connectivity index (χ4n) is 1.52. The predicted molar refractivity (Wildman–Crippen MR) is 68.2 cm³/mol. The number of hydrogen-bond donors (Lipinski definition) is 3. The van der Waals surface area contributed by atoms with Gasteiger partial charge in [-0.2, -0.15) is 0 Å². The molecule has 1 aromatic rings. The monoisotopic (exact) mass is 250 g/mol. The summed E-state index contributed by atoms with van der Waals surface area (Å²) in [5.41, 5.74) is 6.18. The predicted octanol–water partition coefficient (Wildman–Crippen LogP) is 1.09. The molecule has 0 spiro atoms. The fraction of sp³-hybridized carbons (Fsp3) is 0.385. The van der Waals surface area contributed by atoms with Gasteiger partial charge < -0.3 is 16.2 Å². The van der Waals surface area contributed by atoms with Gasteiger partial charge >= 0.3 is 0 Å². The van der Waals surface area contributed by atoms with E-state index in [1.165, 1.54) is 6.07 Å². The van der Waals surface area contributed by atoms with Gasteiger partial charge in [-0.15, -0.1) is 0 Å². The molecule has 0 fully saturated rings. The summed E-state index contributed by atoms with van der Waals surface area (Å²) in [6.45, 7) is 2.24. The number of rotatable bonds is 6. The summed E-state index contributed by atoms with van der Waals surface area (Å²) in [4.78, 5) is 22.2. The minimum atomic E-state index is -0.324. The summed E-state index contributed by atoms with van der Waals surface area (Å²) in [7, 11) is 0. The lowest BCUT2D eigenvalue weighted by molar-refractivity contribution is -0.118. The molecule has 0 heterocycles. The minimum Gasteiger partial charge on any atom is -0.508 e. The molecule has 0 atom stereocenters. The van der Waals surface area contributed by atoms with Crippen molar-refractivity contribution >= 4 is 11.8 Å². The van der Waals surface area contributed by atoms with Gasteiger partial charge in [0.15, 0.2) is 0 Å². The summed E-state index contributed by atoms with van der Waals surface area (Å²) in [6.07, 6.45) is 1.73. The highest BCUT2D eigenvalue weighted by Crippen LogP contribution is 2.16. The number of nitrogens with two attached hydrogens (primary N) is 1. The van der Waals surface area contributed by atoms with Crippen molar-refractivity contribution in [2.24, 2.45) is 5.73 Å². The van der Waals surface area contributed by atoms with Gasteiger partial charge in [-0.3, -0.25) is 9.59 Å². The van der Waals surface area contributed by atoms with E-state index in [1.807, 2.05) is 0 Å². The maximum absolute atomic E-state index is 11.7. The van der Waals surface area contributed by atoms with E-state index in [0.717, 1.165) is 0 Å². The van der Waals surface area contributed by atoms with Crippen LogP contribution in [0, 0.1) is 6.92 Å². The van der Waals surface area contributed by atoms with Crippen LogP contribution in [-0.2, 0) is 4.79 Å². The van der Waals surface area contributed by atoms with E-state index in [9.17, 15) is 14.7 Å². The number of amides is 2. The van der Waals surface area contributed by atoms with E-state index in [2.05, 4.69) is 5.32 Å². The van der Waals surface area contributed by atoms with E-state index in [1.54, 1.807) is 19.1 Å². The second-order valence-corrected chi connectivity index (χ2v) is 4.18. The highest BCUT2D eigenvalue weighted by atomic mass is 16.3. The molecule has 0 saturated heterocycles. The number of carbonyl (C=O) groups excluding carboxylic acids is 2. The third kappa shape index (κ3) is 4.45. The fourth-order valence-corrected chi connectivity index (χ4v) is 1.52. The third-order valence-electron chi connectivity index (χ3n) is 2.59. The van der Waals surface area contributed by atoms with Crippen LogP contribution in [0.2, 0.25) is 0 Å². The number of aromatic hydroxyl groups is 1. The Labute approximate surface area is 106 Å². The minimum absolute atomic E-state index is 0.174. The molecule has 18 heavy (non-hydrogen) atoms. The number of hydrogen-bond acceptors (Lipinski definition) is 3. The number of carbonyl (C=O) groups is 2. The molecule has 5 nitrogen and oxygen atoms in total. The maximum Gasteiger partial charge on any atom is 0.251 e. The standard InChI is InChI=1S/C13H18N2O3/c1-9-8-10(5-6-11(9)16)13(18)15-7-3-2-4-12(14)17/h5-6,8,16H,2-4,7H2,1H3,(H2,14,17)(H,15,18). The number of aryl methyl sites for hydroxylation is 1. The van der Waals surface area contributed by atoms with Gasteiger partial charge in [0, 0.05) is 18.5 Å². The Kier molecular flexibility index (Phi) is 5.17. The van der Waals surface area contributed by atoms with Gasteiger partial charge in [0.1, 0.15) is 5.75 Å². The molecule has 0 aliphatic rings. The highest BCUT2D eigenvalue weighted by molar-refractivity contribution is 5.94. The van der Waals surface area contributed by atoms with Crippen molar-refractivity contribution in [3.63, 3.8) is 0 Å². The van der Waals surface area contributed by atoms with Crippen molar-refractivity contribution in [3.05, 3.63) is 29.3 Å². The zero-order chi connectivity index (χ0) is 13.5. The van der Waals surface area contributed by atoms with Gasteiger partial charge in [-0.05, 0) is 43.5 Å². The molecule has 0 saturated carbocycles. The number of phenols is 1. The Morgan fingerprint density at radius 3 is 2.67 bits per heavy atom. The van der Waals surface area contributed by atoms with Crippen LogP contribution in [0.4, 0.5) is 0 Å². The number of primary amides is 1. The number of phenolic OH excluding ortho intramolecular Hbond substituents is 1. The zero-order valence-corrected chi connectivity index (χ0v) is 10.4. The van der Waals surface area contributed by atoms with Crippen LogP contribution in [0.25, 0.3) is 0 Å². The first-order valence-corrected chi connectivity index (χ1v) is 5.87. The van der Waals surface area contributed by atoms with Gasteiger partial charge in [0.05, 0.1) is 0 Å². The SMILES string of the molecule is Cc1cc(C(=O)NCCCCC(N)=O)ccc1O. The quantitative estimate of drug-likeness (QED) is 0.660. The van der Waals surface area contributed by atoms with E-state index >= 15 is 0 Å². The number of unbranched alkanes of at least 4 members (excludes halogenated alkanes) is 1. The topological polar surface area (TPSA) is 92.4 Å². The molecule has 4 N–H and O–H groups in total. The molecular formula is C13H18N2O3. The van der Waals surface area contributed by atoms with Crippen molar-refractivity contribution in [2.45, 2.75) is 26.2 Å². The Morgan fingerprint density at radius 1 is 1.33 bits per heavy atom. The van der Waals surface area contributed by atoms with Crippen LogP contribution < -0.4 is 11.1 Å². The van der Waals surface area contributed by atoms with Gasteiger partial charge in [0.2, 0.25) is 5.91 Å². The average molecular weight is 250 g/mol. The first kappa shape index (κ1) is 14.0. The molecule has 0 unspecified atom stereocenters. The molecule has 0 bridgehead atoms. The smallest absolute Gasteiger partial charge is 0.251 e. The van der Waals surface area contributed by atoms with Gasteiger partial charge in [-0.25, -0.2) is 0 Å². The summed E-state index contributed by atoms with van der Waals surface area (Å²) >= 11 is 0. The van der Waals surface area contributed by atoms with E-state index in [0.29, 0.717) is 36.9 Å². The highest BCUT2D eigenvalue weighted by Gasteiger charge is 2.06. The lowest BCUT2D eigenvalue weighted by Crippen LogP contribution is -2.24. The van der Waals surface area contributed by atoms with Crippen LogP contribution in [0.5, 0.6) is 5.75 Å². The van der Waals surface area contributed by atoms with E-state index in [4.69, 9.17) is 5.73 Å². The van der Waals surface area contributed by atoms with Crippen molar-refractivity contribution in [3.8, 4) is 5.75 Å². The lowest BCUT2D eigenvalue weighted by atomic mass is 10.1. The van der Waals surface area contributed by atoms with Crippen LogP contribution in [-0.4, -0.2) is 23.5 Å². The van der Waals surface area contributed by atoms with Crippen molar-refractivity contribution in [2.75, 3.05) is 6.54 Å². The van der Waals surface area contributed by atoms with Crippen LogP contribution in [0.15, 0.2) is 18.2 Å². The zero-order valence-electron chi connectivity index (χ0n) is 10.4. The molecule has 0 aliphatic carbocycles. The number of nitrogens with one attached hydrogen (secondary N) is 1. The van der Waals surface area contributed by atoms with Crippen molar-refractivity contribution < 1.29 is 14.7 Å². The molecule has 1 aromatic carbocycles. The summed E-state index contributed by atoms with van der Waals surface area (Å²) in [5, 5.41) is 12.1. The average Bonchev–Trinajstić information content (AvgIpc) is 2.31. The molecule has 5 heteroatoms. The third-order valence-corrected chi connectivity index (χ3v) is 2.59. The molecule has 0 radical (unpaired) electrons. The molecule has 0 aliphatic heterocycles.